The van der Waals surface area contributed by atoms with Crippen molar-refractivity contribution in [3.8, 4) is 11.8 Å². The molecule has 0 aromatic rings. The zero-order valence-electron chi connectivity index (χ0n) is 7.72. The van der Waals surface area contributed by atoms with Crippen LogP contribution in [0.2, 0.25) is 0 Å². The van der Waals surface area contributed by atoms with Gasteiger partial charge in [-0.1, -0.05) is 5.92 Å². The normalized spacial score (nSPS) is 25.4. The first-order valence-corrected chi connectivity index (χ1v) is 4.59. The molecule has 0 heterocycles. The Bertz CT molecular complexity index is 276. The van der Waals surface area contributed by atoms with E-state index in [4.69, 9.17) is 5.11 Å². The molecule has 1 aliphatic rings. The van der Waals surface area contributed by atoms with Gasteiger partial charge in [-0.25, -0.2) is 0 Å². The van der Waals surface area contributed by atoms with Crippen molar-refractivity contribution in [1.29, 1.82) is 0 Å². The number of halogens is 2. The van der Waals surface area contributed by atoms with E-state index >= 15 is 0 Å². The van der Waals surface area contributed by atoms with Crippen molar-refractivity contribution in [2.24, 2.45) is 5.92 Å². The van der Waals surface area contributed by atoms with E-state index in [1.54, 1.807) is 0 Å². The van der Waals surface area contributed by atoms with Crippen LogP contribution in [0.25, 0.3) is 0 Å². The third kappa shape index (κ3) is 3.73. The Morgan fingerprint density at radius 1 is 1.57 bits per heavy atom. The lowest BCUT2D eigenvalue weighted by Gasteiger charge is -2.19. The monoisotopic (exact) mass is 202 g/mol. The van der Waals surface area contributed by atoms with Crippen molar-refractivity contribution >= 4 is 5.97 Å². The lowest BCUT2D eigenvalue weighted by Crippen LogP contribution is -2.22. The highest BCUT2D eigenvalue weighted by atomic mass is 19.3. The van der Waals surface area contributed by atoms with Crippen LogP contribution in [0, 0.1) is 17.8 Å². The molecule has 0 aromatic heterocycles. The molecule has 0 fully saturated rings. The Kier molecular flexibility index (Phi) is 3.45. The SMILES string of the molecule is O=C(O)CC1CCCC#CC(F)(F)C1. The summed E-state index contributed by atoms with van der Waals surface area (Å²) in [6, 6.07) is 0. The molecule has 0 amide bonds. The maximum absolute atomic E-state index is 13.0. The molecule has 14 heavy (non-hydrogen) atoms. The molecule has 1 rings (SSSR count). The van der Waals surface area contributed by atoms with E-state index in [1.807, 2.05) is 5.92 Å². The number of rotatable bonds is 2. The second-order valence-corrected chi connectivity index (χ2v) is 3.57. The lowest BCUT2D eigenvalue weighted by atomic mass is 9.90. The van der Waals surface area contributed by atoms with Crippen LogP contribution in [0.3, 0.4) is 0 Å². The zero-order valence-corrected chi connectivity index (χ0v) is 7.72. The van der Waals surface area contributed by atoms with Crippen molar-refractivity contribution in [3.63, 3.8) is 0 Å². The van der Waals surface area contributed by atoms with Crippen LogP contribution >= 0.6 is 0 Å². The Hall–Kier alpha value is -1.11. The van der Waals surface area contributed by atoms with E-state index in [-0.39, 0.29) is 6.42 Å². The topological polar surface area (TPSA) is 37.3 Å². The molecule has 1 aliphatic carbocycles. The summed E-state index contributed by atoms with van der Waals surface area (Å²) in [6.07, 6.45) is 1.06. The molecule has 0 aliphatic heterocycles. The quantitative estimate of drug-likeness (QED) is 0.697. The van der Waals surface area contributed by atoms with Gasteiger partial charge in [0.15, 0.2) is 0 Å². The van der Waals surface area contributed by atoms with Gasteiger partial charge < -0.3 is 5.11 Å². The van der Waals surface area contributed by atoms with E-state index in [1.165, 1.54) is 0 Å². The molecule has 0 saturated carbocycles. The molecular formula is C10H12F2O2. The zero-order chi connectivity index (χ0) is 10.6. The van der Waals surface area contributed by atoms with Gasteiger partial charge in [0.2, 0.25) is 0 Å². The Labute approximate surface area is 81.3 Å². The van der Waals surface area contributed by atoms with Crippen LogP contribution in [-0.4, -0.2) is 17.0 Å². The van der Waals surface area contributed by atoms with E-state index in [0.717, 1.165) is 0 Å². The first-order valence-electron chi connectivity index (χ1n) is 4.59. The summed E-state index contributed by atoms with van der Waals surface area (Å²) in [5, 5.41) is 8.52. The summed E-state index contributed by atoms with van der Waals surface area (Å²) in [4.78, 5) is 10.4. The molecule has 78 valence electrons. The Morgan fingerprint density at radius 3 is 2.93 bits per heavy atom. The second-order valence-electron chi connectivity index (χ2n) is 3.57. The largest absolute Gasteiger partial charge is 0.481 e. The fourth-order valence-corrected chi connectivity index (χ4v) is 1.61. The molecule has 1 atom stereocenters. The smallest absolute Gasteiger partial charge is 0.308 e. The molecule has 0 bridgehead atoms. The minimum absolute atomic E-state index is 0.183. The molecule has 1 N–H and O–H groups in total. The van der Waals surface area contributed by atoms with Crippen molar-refractivity contribution in [2.45, 2.75) is 38.0 Å². The Balaban J connectivity index is 2.62. The van der Waals surface area contributed by atoms with Crippen LogP contribution in [-0.2, 0) is 4.79 Å². The van der Waals surface area contributed by atoms with E-state index in [2.05, 4.69) is 5.92 Å². The summed E-state index contributed by atoms with van der Waals surface area (Å²) in [5.74, 6) is -0.183. The van der Waals surface area contributed by atoms with Crippen molar-refractivity contribution in [3.05, 3.63) is 0 Å². The van der Waals surface area contributed by atoms with E-state index in [9.17, 15) is 13.6 Å². The van der Waals surface area contributed by atoms with Gasteiger partial charge in [-0.05, 0) is 24.7 Å². The maximum atomic E-state index is 13.0. The van der Waals surface area contributed by atoms with Crippen LogP contribution in [0.4, 0.5) is 8.78 Å². The van der Waals surface area contributed by atoms with Crippen LogP contribution in [0.5, 0.6) is 0 Å². The number of hydrogen-bond donors (Lipinski definition) is 1. The van der Waals surface area contributed by atoms with Crippen molar-refractivity contribution in [1.82, 2.24) is 0 Å². The number of carbonyl (C=O) groups is 1. The molecule has 0 aromatic carbocycles. The molecule has 4 heteroatoms. The third-order valence-corrected chi connectivity index (χ3v) is 2.19. The molecule has 0 spiro atoms. The number of hydrogen-bond acceptors (Lipinski definition) is 1. The van der Waals surface area contributed by atoms with Gasteiger partial charge in [-0.3, -0.25) is 4.79 Å². The predicted molar refractivity (Wildman–Crippen MR) is 46.9 cm³/mol. The minimum Gasteiger partial charge on any atom is -0.481 e. The van der Waals surface area contributed by atoms with Gasteiger partial charge in [-0.2, -0.15) is 8.78 Å². The summed E-state index contributed by atoms with van der Waals surface area (Å²) >= 11 is 0. The molecule has 2 nitrogen and oxygen atoms in total. The summed E-state index contributed by atoms with van der Waals surface area (Å²) in [6.45, 7) is 0. The fourth-order valence-electron chi connectivity index (χ4n) is 1.61. The van der Waals surface area contributed by atoms with Crippen LogP contribution in [0.15, 0.2) is 0 Å². The first kappa shape index (κ1) is 11.0. The van der Waals surface area contributed by atoms with Gasteiger partial charge in [0.25, 0.3) is 0 Å². The highest BCUT2D eigenvalue weighted by molar-refractivity contribution is 5.67. The maximum Gasteiger partial charge on any atom is 0.308 e. The molecule has 1 unspecified atom stereocenters. The summed E-state index contributed by atoms with van der Waals surface area (Å²) in [5.41, 5.74) is 0. The highest BCUT2D eigenvalue weighted by Crippen LogP contribution is 2.29. The minimum atomic E-state index is -3.01. The average molecular weight is 202 g/mol. The van der Waals surface area contributed by atoms with Crippen molar-refractivity contribution in [2.75, 3.05) is 0 Å². The fraction of sp³-hybridized carbons (Fsp3) is 0.700. The molecular weight excluding hydrogens is 190 g/mol. The third-order valence-electron chi connectivity index (χ3n) is 2.19. The van der Waals surface area contributed by atoms with Gasteiger partial charge in [0.05, 0.1) is 0 Å². The molecule has 0 radical (unpaired) electrons. The number of alkyl halides is 2. The highest BCUT2D eigenvalue weighted by Gasteiger charge is 2.31. The van der Waals surface area contributed by atoms with E-state index in [0.29, 0.717) is 19.3 Å². The van der Waals surface area contributed by atoms with Gasteiger partial charge in [0, 0.05) is 19.3 Å². The predicted octanol–water partition coefficient (Wildman–Crippen LogP) is 2.29. The number of aliphatic carboxylic acids is 1. The number of carboxylic acids is 1. The van der Waals surface area contributed by atoms with Crippen molar-refractivity contribution < 1.29 is 18.7 Å². The average Bonchev–Trinajstić information content (AvgIpc) is 1.98. The van der Waals surface area contributed by atoms with Gasteiger partial charge >= 0.3 is 11.9 Å². The van der Waals surface area contributed by atoms with Gasteiger partial charge in [0.1, 0.15) is 0 Å². The van der Waals surface area contributed by atoms with Crippen LogP contribution < -0.4 is 0 Å². The first-order chi connectivity index (χ1) is 6.49. The van der Waals surface area contributed by atoms with Gasteiger partial charge in [-0.15, -0.1) is 0 Å². The van der Waals surface area contributed by atoms with E-state index < -0.39 is 24.2 Å². The standard InChI is InChI=1S/C10H12F2O2/c11-10(12)5-3-1-2-4-8(7-10)6-9(13)14/h8H,1-2,4,6-7H2,(H,13,14). The summed E-state index contributed by atoms with van der Waals surface area (Å²) < 4.78 is 26.0. The lowest BCUT2D eigenvalue weighted by molar-refractivity contribution is -0.138. The summed E-state index contributed by atoms with van der Waals surface area (Å²) in [7, 11) is 0. The molecule has 0 saturated heterocycles. The second kappa shape index (κ2) is 4.41. The van der Waals surface area contributed by atoms with Crippen LogP contribution in [0.1, 0.15) is 32.1 Å². The Morgan fingerprint density at radius 2 is 2.29 bits per heavy atom. The number of carboxylic acid groups (broad SMARTS) is 1.